The highest BCUT2D eigenvalue weighted by molar-refractivity contribution is 6.03. The van der Waals surface area contributed by atoms with Crippen molar-refractivity contribution in [2.75, 3.05) is 0 Å². The Morgan fingerprint density at radius 2 is 1.74 bits per heavy atom. The van der Waals surface area contributed by atoms with Crippen molar-refractivity contribution in [2.45, 2.75) is 26.9 Å². The molecule has 3 aromatic rings. The van der Waals surface area contributed by atoms with Crippen LogP contribution in [-0.4, -0.2) is 22.8 Å². The molecule has 0 radical (unpaired) electrons. The van der Waals surface area contributed by atoms with E-state index in [0.717, 1.165) is 29.1 Å². The number of rotatable bonds is 4. The van der Waals surface area contributed by atoms with Crippen molar-refractivity contribution < 1.29 is 23.1 Å². The summed E-state index contributed by atoms with van der Waals surface area (Å²) in [5, 5.41) is 0.814. The molecule has 3 rings (SSSR count). The van der Waals surface area contributed by atoms with Crippen molar-refractivity contribution in [3.63, 3.8) is 0 Å². The minimum absolute atomic E-state index is 0.0701. The van der Waals surface area contributed by atoms with E-state index in [1.54, 1.807) is 13.8 Å². The van der Waals surface area contributed by atoms with Crippen LogP contribution in [0.4, 0.5) is 8.78 Å². The molecule has 1 unspecified atom stereocenters. The number of halogens is 2. The number of ether oxygens (including phenoxy) is 1. The third-order valence-corrected chi connectivity index (χ3v) is 4.39. The number of hydrogen-bond donors (Lipinski definition) is 0. The number of fused-ring (bicyclic) bond motifs is 1. The maximum absolute atomic E-state index is 13.3. The number of pyridine rings is 1. The molecule has 0 saturated heterocycles. The van der Waals surface area contributed by atoms with Crippen molar-refractivity contribution >= 4 is 22.7 Å². The van der Waals surface area contributed by atoms with Crippen LogP contribution in [0.15, 0.2) is 42.5 Å². The fourth-order valence-electron chi connectivity index (χ4n) is 2.99. The molecule has 2 aromatic carbocycles. The number of aromatic nitrogens is 1. The van der Waals surface area contributed by atoms with Gasteiger partial charge in [-0.25, -0.2) is 13.6 Å². The number of carbonyl (C=O) groups is 2. The first kappa shape index (κ1) is 18.6. The molecule has 1 aromatic heterocycles. The van der Waals surface area contributed by atoms with Gasteiger partial charge in [0.2, 0.25) is 5.78 Å². The maximum atomic E-state index is 13.3. The molecule has 0 N–H and O–H groups in total. The zero-order chi connectivity index (χ0) is 19.7. The van der Waals surface area contributed by atoms with Gasteiger partial charge in [0.25, 0.3) is 0 Å². The van der Waals surface area contributed by atoms with Crippen molar-refractivity contribution in [3.05, 3.63) is 76.5 Å². The van der Waals surface area contributed by atoms with Gasteiger partial charge in [-0.05, 0) is 50.6 Å². The molecule has 1 atom stereocenters. The Balaban J connectivity index is 1.87. The third kappa shape index (κ3) is 3.56. The van der Waals surface area contributed by atoms with Crippen molar-refractivity contribution in [1.82, 2.24) is 4.98 Å². The monoisotopic (exact) mass is 369 g/mol. The number of aryl methyl sites for hydroxylation is 2. The van der Waals surface area contributed by atoms with Gasteiger partial charge in [-0.2, -0.15) is 0 Å². The van der Waals surface area contributed by atoms with Crippen LogP contribution in [0.25, 0.3) is 10.9 Å². The van der Waals surface area contributed by atoms with Gasteiger partial charge in [0.1, 0.15) is 0 Å². The summed E-state index contributed by atoms with van der Waals surface area (Å²) in [6.07, 6.45) is -1.16. The second-order valence-electron chi connectivity index (χ2n) is 6.26. The zero-order valence-electron chi connectivity index (χ0n) is 15.0. The second kappa shape index (κ2) is 7.23. The first-order valence-corrected chi connectivity index (χ1v) is 8.35. The van der Waals surface area contributed by atoms with E-state index in [-0.39, 0.29) is 5.56 Å². The number of Topliss-reactive ketones (excluding diaryl/α,β-unsaturated/α-hetero) is 1. The molecule has 6 heteroatoms. The summed E-state index contributed by atoms with van der Waals surface area (Å²) in [5.74, 6) is -3.49. The van der Waals surface area contributed by atoms with E-state index in [1.165, 1.54) is 6.92 Å². The Kier molecular flexibility index (Phi) is 4.99. The molecular formula is C21H17F2NO3. The van der Waals surface area contributed by atoms with E-state index >= 15 is 0 Å². The molecule has 0 aliphatic rings. The Labute approximate surface area is 154 Å². The summed E-state index contributed by atoms with van der Waals surface area (Å²) in [4.78, 5) is 29.4. The molecule has 0 spiro atoms. The molecule has 0 amide bonds. The lowest BCUT2D eigenvalue weighted by Crippen LogP contribution is -2.25. The molecule has 0 saturated carbocycles. The van der Waals surface area contributed by atoms with E-state index in [0.29, 0.717) is 16.8 Å². The van der Waals surface area contributed by atoms with Crippen molar-refractivity contribution in [2.24, 2.45) is 0 Å². The van der Waals surface area contributed by atoms with Crippen LogP contribution in [0.1, 0.15) is 38.9 Å². The normalized spacial score (nSPS) is 12.0. The lowest BCUT2D eigenvalue weighted by molar-refractivity contribution is 0.0317. The van der Waals surface area contributed by atoms with Gasteiger partial charge >= 0.3 is 5.97 Å². The Hall–Kier alpha value is -3.15. The maximum Gasteiger partial charge on any atom is 0.340 e. The highest BCUT2D eigenvalue weighted by atomic mass is 19.2. The first-order chi connectivity index (χ1) is 12.8. The average molecular weight is 369 g/mol. The topological polar surface area (TPSA) is 56.3 Å². The SMILES string of the molecule is Cc1nc2ccccc2c(C)c1C(=O)OC(C)C(=O)c1ccc(F)c(F)c1. The van der Waals surface area contributed by atoms with Crippen LogP contribution >= 0.6 is 0 Å². The van der Waals surface area contributed by atoms with Crippen molar-refractivity contribution in [3.8, 4) is 0 Å². The van der Waals surface area contributed by atoms with Crippen LogP contribution < -0.4 is 0 Å². The minimum Gasteiger partial charge on any atom is -0.451 e. The molecule has 0 bridgehead atoms. The first-order valence-electron chi connectivity index (χ1n) is 8.35. The number of hydrogen-bond acceptors (Lipinski definition) is 4. The Morgan fingerprint density at radius 1 is 1.04 bits per heavy atom. The smallest absolute Gasteiger partial charge is 0.340 e. The molecule has 1 heterocycles. The predicted octanol–water partition coefficient (Wildman–Crippen LogP) is 4.56. The summed E-state index contributed by atoms with van der Waals surface area (Å²) in [6.45, 7) is 4.87. The van der Waals surface area contributed by atoms with E-state index < -0.39 is 29.5 Å². The number of nitrogens with zero attached hydrogens (tertiary/aromatic N) is 1. The fourth-order valence-corrected chi connectivity index (χ4v) is 2.99. The van der Waals surface area contributed by atoms with Crippen molar-refractivity contribution in [1.29, 1.82) is 0 Å². The molecule has 138 valence electrons. The fraction of sp³-hybridized carbons (Fsp3) is 0.190. The van der Waals surface area contributed by atoms with Gasteiger partial charge in [-0.1, -0.05) is 18.2 Å². The third-order valence-electron chi connectivity index (χ3n) is 4.39. The molecular weight excluding hydrogens is 352 g/mol. The van der Waals surface area contributed by atoms with Crippen LogP contribution in [0, 0.1) is 25.5 Å². The van der Waals surface area contributed by atoms with Gasteiger partial charge < -0.3 is 4.74 Å². The number of ketones is 1. The summed E-state index contributed by atoms with van der Waals surface area (Å²) in [7, 11) is 0. The van der Waals surface area contributed by atoms with E-state index in [4.69, 9.17) is 4.74 Å². The van der Waals surface area contributed by atoms with E-state index in [2.05, 4.69) is 4.98 Å². The molecule has 0 fully saturated rings. The highest BCUT2D eigenvalue weighted by Gasteiger charge is 2.24. The van der Waals surface area contributed by atoms with Gasteiger partial charge in [0, 0.05) is 10.9 Å². The zero-order valence-corrected chi connectivity index (χ0v) is 15.0. The molecule has 0 aliphatic carbocycles. The quantitative estimate of drug-likeness (QED) is 0.500. The largest absolute Gasteiger partial charge is 0.451 e. The average Bonchev–Trinajstić information content (AvgIpc) is 2.63. The van der Waals surface area contributed by atoms with Crippen LogP contribution in [0.5, 0.6) is 0 Å². The Morgan fingerprint density at radius 3 is 2.44 bits per heavy atom. The van der Waals surface area contributed by atoms with E-state index in [1.807, 2.05) is 24.3 Å². The highest BCUT2D eigenvalue weighted by Crippen LogP contribution is 2.24. The van der Waals surface area contributed by atoms with Crippen LogP contribution in [0.2, 0.25) is 0 Å². The predicted molar refractivity (Wildman–Crippen MR) is 96.8 cm³/mol. The second-order valence-corrected chi connectivity index (χ2v) is 6.26. The summed E-state index contributed by atoms with van der Waals surface area (Å²) in [6, 6.07) is 10.2. The summed E-state index contributed by atoms with van der Waals surface area (Å²) in [5.41, 5.74) is 2.17. The van der Waals surface area contributed by atoms with E-state index in [9.17, 15) is 18.4 Å². The number of para-hydroxylation sites is 1. The Bertz CT molecular complexity index is 1060. The van der Waals surface area contributed by atoms with Gasteiger partial charge in [-0.3, -0.25) is 9.78 Å². The number of benzene rings is 2. The van der Waals surface area contributed by atoms with Gasteiger partial charge in [0.15, 0.2) is 17.7 Å². The lowest BCUT2D eigenvalue weighted by atomic mass is 10.0. The molecule has 0 aliphatic heterocycles. The summed E-state index contributed by atoms with van der Waals surface area (Å²) >= 11 is 0. The number of carbonyl (C=O) groups excluding carboxylic acids is 2. The summed E-state index contributed by atoms with van der Waals surface area (Å²) < 4.78 is 31.7. The van der Waals surface area contributed by atoms with Gasteiger partial charge in [0.05, 0.1) is 16.8 Å². The lowest BCUT2D eigenvalue weighted by Gasteiger charge is -2.16. The molecule has 27 heavy (non-hydrogen) atoms. The molecule has 4 nitrogen and oxygen atoms in total. The van der Waals surface area contributed by atoms with Crippen LogP contribution in [0.3, 0.4) is 0 Å². The van der Waals surface area contributed by atoms with Gasteiger partial charge in [-0.15, -0.1) is 0 Å². The number of esters is 1. The standard InChI is InChI=1S/C21H17F2NO3/c1-11-15-6-4-5-7-18(15)24-12(2)19(11)21(26)27-13(3)20(25)14-8-9-16(22)17(23)10-14/h4-10,13H,1-3H3. The van der Waals surface area contributed by atoms with Crippen LogP contribution in [-0.2, 0) is 4.74 Å². The minimum atomic E-state index is -1.16.